The van der Waals surface area contributed by atoms with Gasteiger partial charge in [0.05, 0.1) is 5.92 Å². The first kappa shape index (κ1) is 19.6. The van der Waals surface area contributed by atoms with Crippen LogP contribution in [0.15, 0.2) is 0 Å². The Morgan fingerprint density at radius 1 is 1.00 bits per heavy atom. The van der Waals surface area contributed by atoms with E-state index in [9.17, 15) is 24.3 Å². The van der Waals surface area contributed by atoms with Crippen molar-refractivity contribution in [2.75, 3.05) is 26.2 Å². The fraction of sp³-hybridized carbons (Fsp3) is 0.789. The van der Waals surface area contributed by atoms with Crippen LogP contribution in [0.1, 0.15) is 51.9 Å². The first-order valence-electron chi connectivity index (χ1n) is 10.0. The third-order valence-electron chi connectivity index (χ3n) is 6.23. The average Bonchev–Trinajstić information content (AvgIpc) is 3.08. The van der Waals surface area contributed by atoms with Crippen LogP contribution in [0.4, 0.5) is 4.79 Å². The highest BCUT2D eigenvalue weighted by Gasteiger charge is 2.39. The van der Waals surface area contributed by atoms with E-state index in [-0.39, 0.29) is 29.8 Å². The van der Waals surface area contributed by atoms with Crippen LogP contribution in [-0.2, 0) is 14.4 Å². The fourth-order valence-corrected chi connectivity index (χ4v) is 4.61. The summed E-state index contributed by atoms with van der Waals surface area (Å²) in [6, 6.07) is -0.141. The molecule has 2 heterocycles. The Kier molecular flexibility index (Phi) is 6.01. The van der Waals surface area contributed by atoms with E-state index in [1.807, 2.05) is 4.90 Å². The number of carbonyl (C=O) groups excluding carboxylic acids is 3. The molecule has 4 amide bonds. The van der Waals surface area contributed by atoms with Crippen molar-refractivity contribution in [1.29, 1.82) is 0 Å². The van der Waals surface area contributed by atoms with E-state index < -0.39 is 11.9 Å². The second-order valence-electron chi connectivity index (χ2n) is 7.83. The Balaban J connectivity index is 1.52. The van der Waals surface area contributed by atoms with Gasteiger partial charge in [-0.05, 0) is 32.1 Å². The van der Waals surface area contributed by atoms with Crippen LogP contribution >= 0.6 is 0 Å². The zero-order valence-electron chi connectivity index (χ0n) is 15.9. The lowest BCUT2D eigenvalue weighted by Crippen LogP contribution is -2.50. The van der Waals surface area contributed by atoms with E-state index in [2.05, 4.69) is 0 Å². The molecule has 150 valence electrons. The van der Waals surface area contributed by atoms with Crippen LogP contribution in [0.5, 0.6) is 0 Å². The molecule has 2 saturated heterocycles. The summed E-state index contributed by atoms with van der Waals surface area (Å²) in [4.78, 5) is 53.2. The van der Waals surface area contributed by atoms with Crippen LogP contribution in [-0.4, -0.2) is 75.8 Å². The maximum Gasteiger partial charge on any atom is 0.327 e. The van der Waals surface area contributed by atoms with E-state index in [0.29, 0.717) is 58.3 Å². The van der Waals surface area contributed by atoms with Crippen molar-refractivity contribution in [2.24, 2.45) is 11.8 Å². The Hall–Kier alpha value is -2.12. The summed E-state index contributed by atoms with van der Waals surface area (Å²) < 4.78 is 0. The van der Waals surface area contributed by atoms with Crippen molar-refractivity contribution >= 4 is 23.8 Å². The van der Waals surface area contributed by atoms with Crippen LogP contribution in [0.3, 0.4) is 0 Å². The highest BCUT2D eigenvalue weighted by atomic mass is 16.4. The van der Waals surface area contributed by atoms with Gasteiger partial charge in [-0.15, -0.1) is 0 Å². The zero-order valence-corrected chi connectivity index (χ0v) is 15.9. The normalized spacial score (nSPS) is 27.1. The number of piperidine rings is 1. The molecule has 0 spiro atoms. The quantitative estimate of drug-likeness (QED) is 0.799. The number of nitrogens with zero attached hydrogens (tertiary/aromatic N) is 3. The molecule has 1 N–H and O–H groups in total. The molecule has 1 saturated carbocycles. The first-order valence-corrected chi connectivity index (χ1v) is 10.0. The molecular weight excluding hydrogens is 350 g/mol. The molecule has 1 aliphatic carbocycles. The summed E-state index contributed by atoms with van der Waals surface area (Å²) in [5, 5.41) is 9.22. The number of hydrogen-bond donors (Lipinski definition) is 1. The number of hydrogen-bond acceptors (Lipinski definition) is 4. The Morgan fingerprint density at radius 3 is 2.30 bits per heavy atom. The van der Waals surface area contributed by atoms with Crippen molar-refractivity contribution in [1.82, 2.24) is 14.7 Å². The van der Waals surface area contributed by atoms with Crippen molar-refractivity contribution in [3.8, 4) is 0 Å². The number of amides is 4. The summed E-state index contributed by atoms with van der Waals surface area (Å²) >= 11 is 0. The third-order valence-corrected chi connectivity index (χ3v) is 6.23. The van der Waals surface area contributed by atoms with Crippen molar-refractivity contribution in [2.45, 2.75) is 57.9 Å². The van der Waals surface area contributed by atoms with Crippen LogP contribution in [0.25, 0.3) is 0 Å². The number of rotatable bonds is 4. The molecule has 0 aromatic rings. The summed E-state index contributed by atoms with van der Waals surface area (Å²) in [6.45, 7) is 3.93. The minimum absolute atomic E-state index is 0.0642. The second-order valence-corrected chi connectivity index (χ2v) is 7.83. The molecule has 0 aromatic carbocycles. The third kappa shape index (κ3) is 4.09. The molecule has 8 heteroatoms. The van der Waals surface area contributed by atoms with Gasteiger partial charge in [0.25, 0.3) is 0 Å². The summed E-state index contributed by atoms with van der Waals surface area (Å²) in [5.41, 5.74) is 0. The molecule has 0 radical (unpaired) electrons. The van der Waals surface area contributed by atoms with Crippen LogP contribution in [0.2, 0.25) is 0 Å². The minimum atomic E-state index is -0.801. The molecule has 3 rings (SSSR count). The van der Waals surface area contributed by atoms with E-state index in [1.165, 1.54) is 4.90 Å². The Morgan fingerprint density at radius 2 is 1.67 bits per heavy atom. The largest absolute Gasteiger partial charge is 0.481 e. The lowest BCUT2D eigenvalue weighted by Gasteiger charge is -2.38. The van der Waals surface area contributed by atoms with E-state index in [0.717, 1.165) is 12.8 Å². The standard InChI is InChI=1S/C19H29N3O5/c1-2-16(23)22-11-10-21(19(22)27)15-6-8-20(9-7-15)17(24)13-4-3-5-14(12-13)18(25)26/h13-15H,2-12H2,1H3,(H,25,26)/t13-,14+/m1/s1. The van der Waals surface area contributed by atoms with Crippen molar-refractivity contribution in [3.05, 3.63) is 0 Å². The second kappa shape index (κ2) is 8.27. The van der Waals surface area contributed by atoms with Gasteiger partial charge in [-0.1, -0.05) is 13.3 Å². The molecule has 2 aliphatic heterocycles. The number of imide groups is 1. The van der Waals surface area contributed by atoms with Crippen LogP contribution < -0.4 is 0 Å². The Labute approximate surface area is 159 Å². The van der Waals surface area contributed by atoms with Gasteiger partial charge in [0, 0.05) is 44.6 Å². The highest BCUT2D eigenvalue weighted by molar-refractivity contribution is 5.95. The van der Waals surface area contributed by atoms with Gasteiger partial charge in [-0.2, -0.15) is 0 Å². The molecule has 3 fully saturated rings. The number of aliphatic carboxylic acids is 1. The SMILES string of the molecule is CCC(=O)N1CCN(C2CCN(C(=O)[C@@H]3CCC[C@H](C(=O)O)C3)CC2)C1=O. The fourth-order valence-electron chi connectivity index (χ4n) is 4.61. The van der Waals surface area contributed by atoms with Crippen molar-refractivity contribution < 1.29 is 24.3 Å². The monoisotopic (exact) mass is 379 g/mol. The predicted molar refractivity (Wildman–Crippen MR) is 96.8 cm³/mol. The maximum atomic E-state index is 12.8. The number of carbonyl (C=O) groups is 4. The summed E-state index contributed by atoms with van der Waals surface area (Å²) in [5.74, 6) is -1.47. The minimum Gasteiger partial charge on any atom is -0.481 e. The van der Waals surface area contributed by atoms with Gasteiger partial charge in [-0.3, -0.25) is 19.3 Å². The smallest absolute Gasteiger partial charge is 0.327 e. The van der Waals surface area contributed by atoms with Gasteiger partial charge in [0.15, 0.2) is 0 Å². The molecule has 2 atom stereocenters. The van der Waals surface area contributed by atoms with Crippen LogP contribution in [0, 0.1) is 11.8 Å². The zero-order chi connectivity index (χ0) is 19.6. The first-order chi connectivity index (χ1) is 12.9. The van der Waals surface area contributed by atoms with Gasteiger partial charge in [0.1, 0.15) is 0 Å². The van der Waals surface area contributed by atoms with Gasteiger partial charge in [-0.25, -0.2) is 4.79 Å². The molecule has 8 nitrogen and oxygen atoms in total. The van der Waals surface area contributed by atoms with Gasteiger partial charge in [0.2, 0.25) is 11.8 Å². The van der Waals surface area contributed by atoms with E-state index in [1.54, 1.807) is 11.8 Å². The van der Waals surface area contributed by atoms with Crippen molar-refractivity contribution in [3.63, 3.8) is 0 Å². The topological polar surface area (TPSA) is 98.2 Å². The van der Waals surface area contributed by atoms with Gasteiger partial charge >= 0.3 is 12.0 Å². The number of carboxylic acid groups (broad SMARTS) is 1. The molecule has 0 bridgehead atoms. The Bertz CT molecular complexity index is 614. The molecule has 0 unspecified atom stereocenters. The summed E-state index contributed by atoms with van der Waals surface area (Å²) in [7, 11) is 0. The number of urea groups is 1. The van der Waals surface area contributed by atoms with Gasteiger partial charge < -0.3 is 14.9 Å². The molecule has 27 heavy (non-hydrogen) atoms. The predicted octanol–water partition coefficient (Wildman–Crippen LogP) is 1.54. The number of carboxylic acids is 1. The number of likely N-dealkylation sites (tertiary alicyclic amines) is 1. The highest BCUT2D eigenvalue weighted by Crippen LogP contribution is 2.32. The average molecular weight is 379 g/mol. The molecule has 0 aromatic heterocycles. The lowest BCUT2D eigenvalue weighted by atomic mass is 9.80. The van der Waals surface area contributed by atoms with E-state index >= 15 is 0 Å². The molecular formula is C19H29N3O5. The maximum absolute atomic E-state index is 12.8. The molecule has 3 aliphatic rings. The summed E-state index contributed by atoms with van der Waals surface area (Å²) in [6.07, 6.45) is 4.39. The lowest BCUT2D eigenvalue weighted by molar-refractivity contribution is -0.146. The van der Waals surface area contributed by atoms with E-state index in [4.69, 9.17) is 0 Å².